The van der Waals surface area contributed by atoms with Gasteiger partial charge in [-0.1, -0.05) is 13.0 Å². The van der Waals surface area contributed by atoms with Crippen LogP contribution >= 0.6 is 0 Å². The second-order valence-electron chi connectivity index (χ2n) is 12.0. The molecule has 0 bridgehead atoms. The number of carbonyl (C=O) groups excluding carboxylic acids is 1. The largest absolute Gasteiger partial charge is 0.416 e. The fourth-order valence-electron chi connectivity index (χ4n) is 5.47. The minimum absolute atomic E-state index is 0.0454. The van der Waals surface area contributed by atoms with Crippen LogP contribution in [0.15, 0.2) is 77.7 Å². The van der Waals surface area contributed by atoms with Crippen molar-refractivity contribution in [2.24, 2.45) is 0 Å². The summed E-state index contributed by atoms with van der Waals surface area (Å²) >= 11 is 0. The van der Waals surface area contributed by atoms with Gasteiger partial charge in [-0.25, -0.2) is 18.8 Å². The molecule has 10 nitrogen and oxygen atoms in total. The maximum Gasteiger partial charge on any atom is 0.416 e. The highest BCUT2D eigenvalue weighted by atomic mass is 19.4. The van der Waals surface area contributed by atoms with E-state index in [1.807, 2.05) is 19.1 Å². The number of aromatic nitrogens is 5. The second-order valence-corrected chi connectivity index (χ2v) is 12.0. The first-order valence-corrected chi connectivity index (χ1v) is 14.6. The second kappa shape index (κ2) is 12.2. The van der Waals surface area contributed by atoms with E-state index in [1.165, 1.54) is 23.0 Å². The average molecular weight is 632 g/mol. The number of hydrogen-bond acceptors (Lipinski definition) is 4. The number of nitrogens with zero attached hydrogens (tertiary/aromatic N) is 6. The summed E-state index contributed by atoms with van der Waals surface area (Å²) in [5, 5.41) is 16.6. The molecule has 238 valence electrons. The Balaban J connectivity index is 1.65. The van der Waals surface area contributed by atoms with Crippen LogP contribution in [-0.4, -0.2) is 55.6 Å². The third-order valence-electron chi connectivity index (χ3n) is 7.54. The van der Waals surface area contributed by atoms with Crippen molar-refractivity contribution in [3.63, 3.8) is 0 Å². The van der Waals surface area contributed by atoms with Crippen LogP contribution in [0, 0.1) is 18.3 Å². The van der Waals surface area contributed by atoms with Crippen molar-refractivity contribution in [3.05, 3.63) is 112 Å². The summed E-state index contributed by atoms with van der Waals surface area (Å²) in [6.07, 6.45) is -2.65. The molecule has 3 heterocycles. The predicted molar refractivity (Wildman–Crippen MR) is 167 cm³/mol. The highest BCUT2D eigenvalue weighted by Gasteiger charge is 2.32. The Kier molecular flexibility index (Phi) is 8.51. The number of halogens is 3. The lowest BCUT2D eigenvalue weighted by Crippen LogP contribution is -2.39. The molecule has 2 N–H and O–H groups in total. The Morgan fingerprint density at radius 2 is 1.78 bits per heavy atom. The Labute approximate surface area is 263 Å². The Morgan fingerprint density at radius 1 is 1.07 bits per heavy atom. The zero-order valence-corrected chi connectivity index (χ0v) is 26.1. The summed E-state index contributed by atoms with van der Waals surface area (Å²) in [5.41, 5.74) is 1.61. The van der Waals surface area contributed by atoms with E-state index in [0.29, 0.717) is 27.8 Å². The standard InChI is InChI=1S/C33H33F3N8O2/c1-6-27(28-15-12-24(39-28)20-44(3,4)5)40-31(45)42-30(29-16-17-38-43(29)25-13-10-22(19-37)11-14-25)21(2)41(32(42)46)26-9-7-8-23(18-26)33(34,35)36/h7-18,27,39H,6,20H2,1-5H3/p+1/t27-/m0/s1. The number of nitriles is 1. The normalized spacial score (nSPS) is 12.6. The van der Waals surface area contributed by atoms with Crippen molar-refractivity contribution in [1.29, 1.82) is 5.26 Å². The number of imidazole rings is 1. The summed E-state index contributed by atoms with van der Waals surface area (Å²) in [5.74, 6) is 0. The van der Waals surface area contributed by atoms with Crippen LogP contribution in [0.5, 0.6) is 0 Å². The number of nitrogens with one attached hydrogen (secondary N) is 2. The number of amides is 1. The van der Waals surface area contributed by atoms with Gasteiger partial charge in [-0.15, -0.1) is 0 Å². The SMILES string of the molecule is CC[C@H](NC(=O)n1c(-c2ccnn2-c2ccc(C#N)cc2)c(C)n(-c2cccc(C(F)(F)F)c2)c1=O)c1ccc(C[N+](C)(C)C)[nH]1. The van der Waals surface area contributed by atoms with E-state index in [4.69, 9.17) is 0 Å². The first kappa shape index (κ1) is 32.1. The van der Waals surface area contributed by atoms with Crippen LogP contribution in [0.1, 0.15) is 47.6 Å². The van der Waals surface area contributed by atoms with Gasteiger partial charge in [0.1, 0.15) is 12.2 Å². The average Bonchev–Trinajstić information content (AvgIpc) is 3.72. The van der Waals surface area contributed by atoms with Crippen LogP contribution in [0.25, 0.3) is 22.8 Å². The fourth-order valence-corrected chi connectivity index (χ4v) is 5.47. The van der Waals surface area contributed by atoms with Crippen LogP contribution in [0.4, 0.5) is 18.0 Å². The molecule has 0 aliphatic rings. The lowest BCUT2D eigenvalue weighted by Gasteiger charge is -2.23. The van der Waals surface area contributed by atoms with Gasteiger partial charge in [0, 0.05) is 5.69 Å². The molecule has 0 spiro atoms. The molecule has 5 aromatic rings. The topological polar surface area (TPSA) is 113 Å². The van der Waals surface area contributed by atoms with Gasteiger partial charge < -0.3 is 14.8 Å². The van der Waals surface area contributed by atoms with E-state index in [0.717, 1.165) is 39.2 Å². The molecule has 0 fully saturated rings. The van der Waals surface area contributed by atoms with Gasteiger partial charge in [0.15, 0.2) is 0 Å². The molecule has 5 rings (SSSR count). The number of quaternary nitrogens is 1. The monoisotopic (exact) mass is 631 g/mol. The first-order chi connectivity index (χ1) is 21.7. The van der Waals surface area contributed by atoms with Gasteiger partial charge in [-0.3, -0.25) is 4.57 Å². The Morgan fingerprint density at radius 3 is 2.41 bits per heavy atom. The smallest absolute Gasteiger partial charge is 0.356 e. The molecule has 0 radical (unpaired) electrons. The molecule has 3 aromatic heterocycles. The number of H-pyrrole nitrogens is 1. The molecule has 0 unspecified atom stereocenters. The first-order valence-electron chi connectivity index (χ1n) is 14.6. The minimum atomic E-state index is -4.64. The van der Waals surface area contributed by atoms with Crippen LogP contribution in [0.2, 0.25) is 0 Å². The van der Waals surface area contributed by atoms with Crippen molar-refractivity contribution in [2.75, 3.05) is 21.1 Å². The molecule has 1 atom stereocenters. The third kappa shape index (κ3) is 6.38. The van der Waals surface area contributed by atoms with Gasteiger partial charge >= 0.3 is 17.9 Å². The number of alkyl halides is 3. The van der Waals surface area contributed by atoms with Gasteiger partial charge in [-0.2, -0.15) is 23.5 Å². The summed E-state index contributed by atoms with van der Waals surface area (Å²) in [7, 11) is 6.19. The molecule has 0 saturated carbocycles. The number of hydrogen-bond donors (Lipinski definition) is 2. The zero-order chi connectivity index (χ0) is 33.4. The molecular weight excluding hydrogens is 597 g/mol. The summed E-state index contributed by atoms with van der Waals surface area (Å²) in [6, 6.07) is 17.2. The van der Waals surface area contributed by atoms with Crippen molar-refractivity contribution in [1.82, 2.24) is 29.2 Å². The third-order valence-corrected chi connectivity index (χ3v) is 7.54. The number of aromatic amines is 1. The molecule has 13 heteroatoms. The predicted octanol–water partition coefficient (Wildman–Crippen LogP) is 5.93. The van der Waals surface area contributed by atoms with E-state index in [1.54, 1.807) is 37.3 Å². The molecule has 0 saturated heterocycles. The summed E-state index contributed by atoms with van der Waals surface area (Å²) < 4.78 is 45.2. The lowest BCUT2D eigenvalue weighted by molar-refractivity contribution is -0.884. The van der Waals surface area contributed by atoms with E-state index in [2.05, 4.69) is 42.6 Å². The minimum Gasteiger partial charge on any atom is -0.356 e. The maximum atomic E-state index is 14.1. The highest BCUT2D eigenvalue weighted by molar-refractivity contribution is 5.83. The van der Waals surface area contributed by atoms with E-state index >= 15 is 0 Å². The van der Waals surface area contributed by atoms with Crippen LogP contribution in [-0.2, 0) is 12.7 Å². The number of carbonyl (C=O) groups is 1. The van der Waals surface area contributed by atoms with Crippen LogP contribution in [0.3, 0.4) is 0 Å². The molecule has 2 aromatic carbocycles. The zero-order valence-electron chi connectivity index (χ0n) is 26.1. The van der Waals surface area contributed by atoms with Gasteiger partial charge in [-0.05, 0) is 74.0 Å². The van der Waals surface area contributed by atoms with Crippen molar-refractivity contribution >= 4 is 6.03 Å². The van der Waals surface area contributed by atoms with Gasteiger partial charge in [0.2, 0.25) is 0 Å². The van der Waals surface area contributed by atoms with Crippen molar-refractivity contribution in [3.8, 4) is 28.8 Å². The van der Waals surface area contributed by atoms with Gasteiger partial charge in [0.25, 0.3) is 0 Å². The lowest BCUT2D eigenvalue weighted by atomic mass is 10.1. The molecule has 1 amide bonds. The molecule has 0 aliphatic carbocycles. The maximum absolute atomic E-state index is 14.1. The quantitative estimate of drug-likeness (QED) is 0.207. The summed E-state index contributed by atoms with van der Waals surface area (Å²) in [6.45, 7) is 4.19. The number of rotatable bonds is 8. The Bertz CT molecular complexity index is 1980. The van der Waals surface area contributed by atoms with E-state index < -0.39 is 29.5 Å². The van der Waals surface area contributed by atoms with Crippen LogP contribution < -0.4 is 11.0 Å². The fraction of sp³-hybridized carbons (Fsp3) is 0.273. The van der Waals surface area contributed by atoms with Crippen molar-refractivity contribution < 1.29 is 22.4 Å². The van der Waals surface area contributed by atoms with Crippen molar-refractivity contribution in [2.45, 2.75) is 39.0 Å². The Hall–Kier alpha value is -5.35. The van der Waals surface area contributed by atoms with E-state index in [-0.39, 0.29) is 17.1 Å². The van der Waals surface area contributed by atoms with Gasteiger partial charge in [0.05, 0.1) is 79.0 Å². The molecule has 46 heavy (non-hydrogen) atoms. The van der Waals surface area contributed by atoms with E-state index in [9.17, 15) is 28.0 Å². The molecular formula is C33H34F3N8O2+. The molecule has 0 aliphatic heterocycles. The summed E-state index contributed by atoms with van der Waals surface area (Å²) in [4.78, 5) is 31.6. The number of benzene rings is 2. The highest BCUT2D eigenvalue weighted by Crippen LogP contribution is 2.32.